The van der Waals surface area contributed by atoms with Crippen molar-refractivity contribution in [3.8, 4) is 6.07 Å². The first kappa shape index (κ1) is 23.0. The van der Waals surface area contributed by atoms with Crippen molar-refractivity contribution < 1.29 is 49.6 Å². The average Bonchev–Trinajstić information content (AvgIpc) is 2.76. The SMILES string of the molecule is N#C[C@@H](OC1OC(COC2OCC(O)C(O)C2O)C(O)C(O)C1O)c1ccccc1. The van der Waals surface area contributed by atoms with E-state index in [1.165, 1.54) is 0 Å². The molecule has 30 heavy (non-hydrogen) atoms. The van der Waals surface area contributed by atoms with Crippen LogP contribution in [-0.4, -0.2) is 99.2 Å². The van der Waals surface area contributed by atoms with E-state index >= 15 is 0 Å². The van der Waals surface area contributed by atoms with Gasteiger partial charge in [0.05, 0.1) is 19.3 Å². The molecule has 6 N–H and O–H groups in total. The molecule has 1 aromatic rings. The zero-order chi connectivity index (χ0) is 21.8. The minimum atomic E-state index is -1.66. The Hall–Kier alpha value is -1.69. The molecule has 2 aliphatic heterocycles. The summed E-state index contributed by atoms with van der Waals surface area (Å²) in [4.78, 5) is 0. The maximum absolute atomic E-state index is 10.2. The highest BCUT2D eigenvalue weighted by atomic mass is 16.7. The molecule has 11 heteroatoms. The molecular formula is C19H25NO10. The standard InChI is InChI=1S/C19H25NO10/c20-6-11(9-4-2-1-3-5-9)29-19-17(26)15(24)14(23)12(30-19)8-28-18-16(25)13(22)10(21)7-27-18/h1-5,10-19,21-26H,7-8H2/t10?,11-,12?,13?,14?,15?,16?,17?,18?,19?/m1/s1. The lowest BCUT2D eigenvalue weighted by molar-refractivity contribution is -0.325. The third-order valence-corrected chi connectivity index (χ3v) is 5.04. The summed E-state index contributed by atoms with van der Waals surface area (Å²) in [6, 6.07) is 10.4. The summed E-state index contributed by atoms with van der Waals surface area (Å²) in [6.07, 6.45) is -14.2. The molecule has 3 rings (SSSR count). The van der Waals surface area contributed by atoms with Crippen LogP contribution in [0.5, 0.6) is 0 Å². The van der Waals surface area contributed by atoms with Crippen LogP contribution < -0.4 is 0 Å². The van der Waals surface area contributed by atoms with Gasteiger partial charge < -0.3 is 49.6 Å². The molecule has 1 aromatic carbocycles. The second kappa shape index (κ2) is 10.1. The van der Waals surface area contributed by atoms with E-state index in [0.717, 1.165) is 0 Å². The number of hydrogen-bond acceptors (Lipinski definition) is 11. The normalized spacial score (nSPS) is 40.5. The average molecular weight is 427 g/mol. The predicted molar refractivity (Wildman–Crippen MR) is 96.3 cm³/mol. The summed E-state index contributed by atoms with van der Waals surface area (Å²) in [5, 5.41) is 69.0. The Labute approximate surface area is 172 Å². The number of aliphatic hydroxyl groups excluding tert-OH is 6. The molecule has 0 aromatic heterocycles. The molecule has 2 heterocycles. The molecule has 166 valence electrons. The zero-order valence-electron chi connectivity index (χ0n) is 15.8. The molecule has 2 aliphatic rings. The fraction of sp³-hybridized carbons (Fsp3) is 0.632. The van der Waals surface area contributed by atoms with Crippen LogP contribution in [0.2, 0.25) is 0 Å². The highest BCUT2D eigenvalue weighted by molar-refractivity contribution is 5.22. The summed E-state index contributed by atoms with van der Waals surface area (Å²) in [7, 11) is 0. The van der Waals surface area contributed by atoms with E-state index in [9.17, 15) is 35.9 Å². The van der Waals surface area contributed by atoms with Crippen molar-refractivity contribution in [3.05, 3.63) is 35.9 Å². The quantitative estimate of drug-likeness (QED) is 0.283. The van der Waals surface area contributed by atoms with Gasteiger partial charge in [-0.15, -0.1) is 0 Å². The van der Waals surface area contributed by atoms with E-state index in [1.54, 1.807) is 30.3 Å². The number of ether oxygens (including phenoxy) is 4. The molecular weight excluding hydrogens is 402 g/mol. The van der Waals surface area contributed by atoms with E-state index in [-0.39, 0.29) is 6.61 Å². The van der Waals surface area contributed by atoms with Gasteiger partial charge in [-0.25, -0.2) is 0 Å². The molecule has 0 radical (unpaired) electrons. The van der Waals surface area contributed by atoms with Crippen LogP contribution in [0.3, 0.4) is 0 Å². The van der Waals surface area contributed by atoms with Crippen LogP contribution in [0.15, 0.2) is 30.3 Å². The lowest BCUT2D eigenvalue weighted by atomic mass is 9.99. The molecule has 0 spiro atoms. The Morgan fingerprint density at radius 2 is 1.60 bits per heavy atom. The number of benzene rings is 1. The monoisotopic (exact) mass is 427 g/mol. The fourth-order valence-corrected chi connectivity index (χ4v) is 3.23. The second-order valence-electron chi connectivity index (χ2n) is 7.15. The van der Waals surface area contributed by atoms with Gasteiger partial charge in [-0.1, -0.05) is 30.3 Å². The van der Waals surface area contributed by atoms with Gasteiger partial charge in [0, 0.05) is 0 Å². The smallest absolute Gasteiger partial charge is 0.188 e. The maximum Gasteiger partial charge on any atom is 0.188 e. The molecule has 0 saturated carbocycles. The minimum Gasteiger partial charge on any atom is -0.388 e. The molecule has 0 bridgehead atoms. The number of nitrogens with zero attached hydrogens (tertiary/aromatic N) is 1. The van der Waals surface area contributed by atoms with Crippen LogP contribution in [0.25, 0.3) is 0 Å². The van der Waals surface area contributed by atoms with Crippen LogP contribution in [0.1, 0.15) is 11.7 Å². The summed E-state index contributed by atoms with van der Waals surface area (Å²) in [5.74, 6) is 0. The molecule has 11 nitrogen and oxygen atoms in total. The van der Waals surface area contributed by atoms with Gasteiger partial charge in [0.15, 0.2) is 18.7 Å². The van der Waals surface area contributed by atoms with Gasteiger partial charge in [0.25, 0.3) is 0 Å². The van der Waals surface area contributed by atoms with Crippen molar-refractivity contribution in [2.24, 2.45) is 0 Å². The van der Waals surface area contributed by atoms with E-state index < -0.39 is 68.0 Å². The number of rotatable bonds is 6. The van der Waals surface area contributed by atoms with Crippen molar-refractivity contribution in [1.29, 1.82) is 5.26 Å². The van der Waals surface area contributed by atoms with Crippen molar-refractivity contribution >= 4 is 0 Å². The Balaban J connectivity index is 1.63. The number of nitriles is 1. The van der Waals surface area contributed by atoms with Crippen LogP contribution in [0.4, 0.5) is 0 Å². The second-order valence-corrected chi connectivity index (χ2v) is 7.15. The molecule has 9 unspecified atom stereocenters. The summed E-state index contributed by atoms with van der Waals surface area (Å²) in [5.41, 5.74) is 0.510. The lowest BCUT2D eigenvalue weighted by Gasteiger charge is -2.41. The topological polar surface area (TPSA) is 182 Å². The van der Waals surface area contributed by atoms with Gasteiger partial charge in [0.1, 0.15) is 42.7 Å². The molecule has 0 amide bonds. The summed E-state index contributed by atoms with van der Waals surface area (Å²) < 4.78 is 21.5. The van der Waals surface area contributed by atoms with Crippen molar-refractivity contribution in [2.45, 2.75) is 61.4 Å². The van der Waals surface area contributed by atoms with Crippen molar-refractivity contribution in [1.82, 2.24) is 0 Å². The first-order chi connectivity index (χ1) is 14.3. The third kappa shape index (κ3) is 4.96. The van der Waals surface area contributed by atoms with Gasteiger partial charge >= 0.3 is 0 Å². The molecule has 10 atom stereocenters. The zero-order valence-corrected chi connectivity index (χ0v) is 15.8. The molecule has 0 aliphatic carbocycles. The minimum absolute atomic E-state index is 0.273. The fourth-order valence-electron chi connectivity index (χ4n) is 3.23. The first-order valence-corrected chi connectivity index (χ1v) is 9.40. The molecule has 2 fully saturated rings. The Morgan fingerprint density at radius 1 is 0.933 bits per heavy atom. The first-order valence-electron chi connectivity index (χ1n) is 9.40. The summed E-state index contributed by atoms with van der Waals surface area (Å²) in [6.45, 7) is -0.678. The van der Waals surface area contributed by atoms with Gasteiger partial charge in [-0.2, -0.15) is 5.26 Å². The maximum atomic E-state index is 10.2. The van der Waals surface area contributed by atoms with E-state index in [0.29, 0.717) is 5.56 Å². The largest absolute Gasteiger partial charge is 0.388 e. The number of hydrogen-bond donors (Lipinski definition) is 6. The van der Waals surface area contributed by atoms with Crippen molar-refractivity contribution in [3.63, 3.8) is 0 Å². The van der Waals surface area contributed by atoms with Crippen molar-refractivity contribution in [2.75, 3.05) is 13.2 Å². The van der Waals surface area contributed by atoms with Crippen LogP contribution in [-0.2, 0) is 18.9 Å². The third-order valence-electron chi connectivity index (χ3n) is 5.04. The number of aliphatic hydroxyl groups is 6. The Bertz CT molecular complexity index is 715. The van der Waals surface area contributed by atoms with Gasteiger partial charge in [-0.3, -0.25) is 0 Å². The van der Waals surface area contributed by atoms with Gasteiger partial charge in [0.2, 0.25) is 0 Å². The van der Waals surface area contributed by atoms with E-state index in [2.05, 4.69) is 0 Å². The highest BCUT2D eigenvalue weighted by Gasteiger charge is 2.46. The predicted octanol–water partition coefficient (Wildman–Crippen LogP) is -2.47. The van der Waals surface area contributed by atoms with Gasteiger partial charge in [-0.05, 0) is 5.56 Å². The Morgan fingerprint density at radius 3 is 2.27 bits per heavy atom. The molecule has 2 saturated heterocycles. The van der Waals surface area contributed by atoms with E-state index in [1.807, 2.05) is 6.07 Å². The van der Waals surface area contributed by atoms with Crippen LogP contribution >= 0.6 is 0 Å². The van der Waals surface area contributed by atoms with Crippen LogP contribution in [0, 0.1) is 11.3 Å². The lowest BCUT2D eigenvalue weighted by Crippen LogP contribution is -2.60. The summed E-state index contributed by atoms with van der Waals surface area (Å²) >= 11 is 0. The van der Waals surface area contributed by atoms with E-state index in [4.69, 9.17) is 18.9 Å². The highest BCUT2D eigenvalue weighted by Crippen LogP contribution is 2.28. The Kier molecular flexibility index (Phi) is 7.72.